The van der Waals surface area contributed by atoms with Crippen molar-refractivity contribution in [2.24, 2.45) is 7.05 Å². The molecule has 3 rings (SSSR count). The highest BCUT2D eigenvalue weighted by Crippen LogP contribution is 2.33. The molecule has 0 aromatic carbocycles. The first-order valence-corrected chi connectivity index (χ1v) is 5.85. The quantitative estimate of drug-likeness (QED) is 0.772. The Morgan fingerprint density at radius 3 is 2.50 bits per heavy atom. The van der Waals surface area contributed by atoms with Gasteiger partial charge in [-0.3, -0.25) is 24.2 Å². The van der Waals surface area contributed by atoms with Gasteiger partial charge in [-0.05, 0) is 19.8 Å². The number of fused-ring (bicyclic) bond motifs is 1. The topological polar surface area (TPSA) is 76.9 Å². The summed E-state index contributed by atoms with van der Waals surface area (Å²) in [5.74, 6) is 0. The lowest BCUT2D eigenvalue weighted by Crippen LogP contribution is -2.32. The van der Waals surface area contributed by atoms with Gasteiger partial charge in [-0.15, -0.1) is 0 Å². The van der Waals surface area contributed by atoms with Crippen LogP contribution >= 0.6 is 0 Å². The minimum Gasteiger partial charge on any atom is -0.311 e. The van der Waals surface area contributed by atoms with Crippen molar-refractivity contribution < 1.29 is 0 Å². The lowest BCUT2D eigenvalue weighted by Gasteiger charge is -2.08. The van der Waals surface area contributed by atoms with Gasteiger partial charge in [0.15, 0.2) is 0 Å². The molecule has 0 amide bonds. The molecule has 94 valence electrons. The highest BCUT2D eigenvalue weighted by molar-refractivity contribution is 5.82. The van der Waals surface area contributed by atoms with E-state index in [9.17, 15) is 14.4 Å². The molecule has 1 fully saturated rings. The fourth-order valence-electron chi connectivity index (χ4n) is 2.27. The number of aromatic nitrogens is 3. The van der Waals surface area contributed by atoms with E-state index in [0.717, 1.165) is 17.5 Å². The second kappa shape index (κ2) is 3.44. The molecule has 0 bridgehead atoms. The average molecular weight is 247 g/mol. The number of hydrogen-bond acceptors (Lipinski definition) is 3. The van der Waals surface area contributed by atoms with Crippen LogP contribution in [0.3, 0.4) is 0 Å². The van der Waals surface area contributed by atoms with Crippen LogP contribution in [0.2, 0.25) is 0 Å². The maximum absolute atomic E-state index is 12.1. The molecule has 1 aliphatic carbocycles. The van der Waals surface area contributed by atoms with Crippen LogP contribution in [0.4, 0.5) is 0 Å². The molecule has 18 heavy (non-hydrogen) atoms. The highest BCUT2D eigenvalue weighted by Gasteiger charge is 2.26. The number of nitrogens with one attached hydrogen (secondary N) is 1. The standard InChI is InChI=1S/C12H13N3O3/c1-6-9-8(10(16)13-14(2)12(9)18)5-15(11(6)17)7-3-4-7/h5,7H,3-4H2,1-2H3,(H,13,16). The monoisotopic (exact) mass is 247 g/mol. The lowest BCUT2D eigenvalue weighted by atomic mass is 10.1. The van der Waals surface area contributed by atoms with E-state index >= 15 is 0 Å². The van der Waals surface area contributed by atoms with Gasteiger partial charge in [0.2, 0.25) is 0 Å². The second-order valence-electron chi connectivity index (χ2n) is 4.79. The fraction of sp³-hybridized carbons (Fsp3) is 0.417. The van der Waals surface area contributed by atoms with Gasteiger partial charge in [-0.2, -0.15) is 0 Å². The van der Waals surface area contributed by atoms with E-state index in [4.69, 9.17) is 0 Å². The van der Waals surface area contributed by atoms with Gasteiger partial charge in [-0.1, -0.05) is 0 Å². The molecular weight excluding hydrogens is 234 g/mol. The normalized spacial score (nSPS) is 15.2. The molecule has 1 N–H and O–H groups in total. The van der Waals surface area contributed by atoms with Gasteiger partial charge >= 0.3 is 0 Å². The fourth-order valence-corrected chi connectivity index (χ4v) is 2.27. The van der Waals surface area contributed by atoms with Gasteiger partial charge in [0.25, 0.3) is 16.7 Å². The van der Waals surface area contributed by atoms with Crippen molar-refractivity contribution in [1.29, 1.82) is 0 Å². The number of hydrogen-bond donors (Lipinski definition) is 1. The first kappa shape index (κ1) is 11.0. The molecule has 6 nitrogen and oxygen atoms in total. The summed E-state index contributed by atoms with van der Waals surface area (Å²) in [6, 6.07) is 0.184. The number of rotatable bonds is 1. The molecular formula is C12H13N3O3. The summed E-state index contributed by atoms with van der Waals surface area (Å²) in [4.78, 5) is 36.0. The molecule has 1 saturated carbocycles. The van der Waals surface area contributed by atoms with Gasteiger partial charge in [0, 0.05) is 24.8 Å². The minimum atomic E-state index is -0.345. The van der Waals surface area contributed by atoms with Gasteiger partial charge in [0.1, 0.15) is 0 Å². The van der Waals surface area contributed by atoms with Crippen LogP contribution in [0.5, 0.6) is 0 Å². The van der Waals surface area contributed by atoms with E-state index in [-0.39, 0.29) is 28.1 Å². The maximum Gasteiger partial charge on any atom is 0.273 e. The molecule has 2 aromatic rings. The van der Waals surface area contributed by atoms with Crippen LogP contribution in [0.15, 0.2) is 20.6 Å². The molecule has 6 heteroatoms. The number of aryl methyl sites for hydroxylation is 2. The number of aromatic amines is 1. The van der Waals surface area contributed by atoms with Crippen LogP contribution in [0.1, 0.15) is 24.4 Å². The smallest absolute Gasteiger partial charge is 0.273 e. The zero-order valence-corrected chi connectivity index (χ0v) is 10.2. The van der Waals surface area contributed by atoms with Crippen LogP contribution in [-0.2, 0) is 7.05 Å². The van der Waals surface area contributed by atoms with Gasteiger partial charge < -0.3 is 4.57 Å². The Kier molecular flexibility index (Phi) is 2.10. The van der Waals surface area contributed by atoms with E-state index in [1.54, 1.807) is 11.5 Å². The Morgan fingerprint density at radius 1 is 1.22 bits per heavy atom. The Hall–Kier alpha value is -2.11. The van der Waals surface area contributed by atoms with E-state index in [2.05, 4.69) is 5.10 Å². The molecule has 0 atom stereocenters. The SMILES string of the molecule is Cc1c(=O)n(C2CC2)cc2c(=O)[nH]n(C)c(=O)c12. The number of H-pyrrole nitrogens is 1. The molecule has 2 aromatic heterocycles. The zero-order chi connectivity index (χ0) is 13.0. The Bertz CT molecular complexity index is 821. The summed E-state index contributed by atoms with van der Waals surface area (Å²) in [6.45, 7) is 1.60. The maximum atomic E-state index is 12.1. The van der Waals surface area contributed by atoms with Crippen molar-refractivity contribution in [3.8, 4) is 0 Å². The molecule has 0 radical (unpaired) electrons. The van der Waals surface area contributed by atoms with Crippen molar-refractivity contribution in [2.45, 2.75) is 25.8 Å². The Morgan fingerprint density at radius 2 is 1.89 bits per heavy atom. The van der Waals surface area contributed by atoms with Crippen molar-refractivity contribution >= 4 is 10.8 Å². The van der Waals surface area contributed by atoms with Crippen LogP contribution in [-0.4, -0.2) is 14.3 Å². The predicted molar refractivity (Wildman–Crippen MR) is 67.1 cm³/mol. The second-order valence-corrected chi connectivity index (χ2v) is 4.79. The number of pyridine rings is 1. The summed E-state index contributed by atoms with van der Waals surface area (Å²) in [5, 5.41) is 2.97. The first-order valence-electron chi connectivity index (χ1n) is 5.85. The van der Waals surface area contributed by atoms with Crippen LogP contribution in [0, 0.1) is 6.92 Å². The highest BCUT2D eigenvalue weighted by atomic mass is 16.2. The van der Waals surface area contributed by atoms with Crippen molar-refractivity contribution in [1.82, 2.24) is 14.3 Å². The zero-order valence-electron chi connectivity index (χ0n) is 10.2. The average Bonchev–Trinajstić information content (AvgIpc) is 3.13. The summed E-state index contributed by atoms with van der Waals surface area (Å²) in [5.41, 5.74) is -0.509. The molecule has 2 heterocycles. The molecule has 0 aliphatic heterocycles. The minimum absolute atomic E-state index is 0.173. The van der Waals surface area contributed by atoms with Crippen molar-refractivity contribution in [2.75, 3.05) is 0 Å². The largest absolute Gasteiger partial charge is 0.311 e. The van der Waals surface area contributed by atoms with Gasteiger partial charge in [0.05, 0.1) is 10.8 Å². The summed E-state index contributed by atoms with van der Waals surface area (Å²) in [6.07, 6.45) is 3.42. The summed E-state index contributed by atoms with van der Waals surface area (Å²) in [7, 11) is 1.47. The van der Waals surface area contributed by atoms with E-state index in [1.165, 1.54) is 13.2 Å². The van der Waals surface area contributed by atoms with Gasteiger partial charge in [-0.25, -0.2) is 0 Å². The van der Waals surface area contributed by atoms with E-state index in [1.807, 2.05) is 0 Å². The molecule has 0 spiro atoms. The van der Waals surface area contributed by atoms with E-state index in [0.29, 0.717) is 10.9 Å². The third kappa shape index (κ3) is 1.38. The predicted octanol–water partition coefficient (Wildman–Crippen LogP) is 0.0318. The summed E-state index contributed by atoms with van der Waals surface area (Å²) < 4.78 is 2.69. The number of nitrogens with zero attached hydrogens (tertiary/aromatic N) is 2. The van der Waals surface area contributed by atoms with Crippen LogP contribution < -0.4 is 16.7 Å². The third-order valence-corrected chi connectivity index (χ3v) is 3.44. The van der Waals surface area contributed by atoms with Crippen molar-refractivity contribution in [3.05, 3.63) is 42.8 Å². The molecule has 0 unspecified atom stereocenters. The van der Waals surface area contributed by atoms with Crippen LogP contribution in [0.25, 0.3) is 10.8 Å². The first-order chi connectivity index (χ1) is 8.50. The van der Waals surface area contributed by atoms with Crippen molar-refractivity contribution in [3.63, 3.8) is 0 Å². The molecule has 0 saturated heterocycles. The lowest BCUT2D eigenvalue weighted by molar-refractivity contribution is 0.688. The third-order valence-electron chi connectivity index (χ3n) is 3.44. The molecule has 1 aliphatic rings. The van der Waals surface area contributed by atoms with E-state index < -0.39 is 0 Å². The Labute approximate surface area is 101 Å². The Balaban J connectivity index is 2.57. The summed E-state index contributed by atoms with van der Waals surface area (Å²) >= 11 is 0.